The summed E-state index contributed by atoms with van der Waals surface area (Å²) >= 11 is 7.26. The molecule has 0 aliphatic rings. The summed E-state index contributed by atoms with van der Waals surface area (Å²) in [6.45, 7) is 5.15. The molecule has 0 heterocycles. The largest absolute Gasteiger partial charge is 0.490 e. The topological polar surface area (TPSA) is 59.9 Å². The van der Waals surface area contributed by atoms with E-state index < -0.39 is 0 Å². The molecule has 144 valence electrons. The van der Waals surface area contributed by atoms with Crippen LogP contribution in [0.5, 0.6) is 11.5 Å². The van der Waals surface area contributed by atoms with Crippen LogP contribution in [0.3, 0.4) is 0 Å². The average Bonchev–Trinajstić information content (AvgIpc) is 2.67. The Labute approximate surface area is 169 Å². The second kappa shape index (κ2) is 11.5. The van der Waals surface area contributed by atoms with Gasteiger partial charge in [-0.15, -0.1) is 11.8 Å². The van der Waals surface area contributed by atoms with E-state index in [4.69, 9.17) is 21.1 Å². The molecule has 0 unspecified atom stereocenters. The summed E-state index contributed by atoms with van der Waals surface area (Å²) in [7, 11) is 0. The maximum atomic E-state index is 11.9. The van der Waals surface area contributed by atoms with Gasteiger partial charge in [0.05, 0.1) is 25.2 Å². The Morgan fingerprint density at radius 3 is 2.63 bits per heavy atom. The standard InChI is InChI=1S/C20H23ClN2O3S/c1-3-11-26-18-10-5-15(12-19(18)25-4-2)13-22-23-20(24)14-27-17-8-6-16(21)7-9-17/h5-10,12-13H,3-4,11,14H2,1-2H3,(H,23,24). The highest BCUT2D eigenvalue weighted by Crippen LogP contribution is 2.28. The van der Waals surface area contributed by atoms with Gasteiger partial charge in [0.25, 0.3) is 0 Å². The van der Waals surface area contributed by atoms with Gasteiger partial charge in [-0.3, -0.25) is 4.79 Å². The predicted molar refractivity (Wildman–Crippen MR) is 111 cm³/mol. The quantitative estimate of drug-likeness (QED) is 0.350. The van der Waals surface area contributed by atoms with E-state index in [-0.39, 0.29) is 11.7 Å². The lowest BCUT2D eigenvalue weighted by Gasteiger charge is -2.11. The second-order valence-electron chi connectivity index (χ2n) is 5.52. The Hall–Kier alpha value is -2.18. The van der Waals surface area contributed by atoms with Gasteiger partial charge >= 0.3 is 0 Å². The lowest BCUT2D eigenvalue weighted by atomic mass is 10.2. The van der Waals surface area contributed by atoms with Crippen LogP contribution in [0.2, 0.25) is 5.02 Å². The first-order valence-corrected chi connectivity index (χ1v) is 10.1. The van der Waals surface area contributed by atoms with E-state index in [0.717, 1.165) is 16.9 Å². The SMILES string of the molecule is CCCOc1ccc(C=NNC(=O)CSc2ccc(Cl)cc2)cc1OCC. The van der Waals surface area contributed by atoms with Crippen LogP contribution >= 0.6 is 23.4 Å². The van der Waals surface area contributed by atoms with Crippen LogP contribution < -0.4 is 14.9 Å². The van der Waals surface area contributed by atoms with Gasteiger partial charge in [-0.05, 0) is 61.4 Å². The minimum atomic E-state index is -0.181. The minimum absolute atomic E-state index is 0.181. The summed E-state index contributed by atoms with van der Waals surface area (Å²) in [6.07, 6.45) is 2.51. The molecule has 0 aliphatic heterocycles. The van der Waals surface area contributed by atoms with Gasteiger partial charge in [0, 0.05) is 9.92 Å². The zero-order valence-corrected chi connectivity index (χ0v) is 17.0. The Morgan fingerprint density at radius 1 is 1.15 bits per heavy atom. The highest BCUT2D eigenvalue weighted by molar-refractivity contribution is 8.00. The molecule has 2 aromatic carbocycles. The molecule has 0 atom stereocenters. The molecule has 0 aliphatic carbocycles. The predicted octanol–water partition coefficient (Wildman–Crippen LogP) is 4.77. The fourth-order valence-corrected chi connectivity index (χ4v) is 2.91. The van der Waals surface area contributed by atoms with Gasteiger partial charge < -0.3 is 9.47 Å². The van der Waals surface area contributed by atoms with Crippen molar-refractivity contribution in [2.45, 2.75) is 25.2 Å². The van der Waals surface area contributed by atoms with Gasteiger partial charge in [-0.25, -0.2) is 5.43 Å². The van der Waals surface area contributed by atoms with Crippen LogP contribution in [0, 0.1) is 0 Å². The fraction of sp³-hybridized carbons (Fsp3) is 0.300. The van der Waals surface area contributed by atoms with Crippen molar-refractivity contribution >= 4 is 35.5 Å². The molecule has 0 saturated heterocycles. The van der Waals surface area contributed by atoms with Gasteiger partial charge in [0.15, 0.2) is 11.5 Å². The number of rotatable bonds is 10. The number of hydrogen-bond donors (Lipinski definition) is 1. The molecule has 5 nitrogen and oxygen atoms in total. The molecule has 0 spiro atoms. The number of carbonyl (C=O) groups is 1. The number of halogens is 1. The number of hydrazone groups is 1. The number of amides is 1. The molecule has 0 aromatic heterocycles. The lowest BCUT2D eigenvalue weighted by Crippen LogP contribution is -2.19. The Kier molecular flexibility index (Phi) is 9.01. The van der Waals surface area contributed by atoms with Gasteiger partial charge in [-0.2, -0.15) is 5.10 Å². The molecule has 1 N–H and O–H groups in total. The first-order valence-electron chi connectivity index (χ1n) is 8.72. The van der Waals surface area contributed by atoms with Crippen molar-refractivity contribution in [2.75, 3.05) is 19.0 Å². The second-order valence-corrected chi connectivity index (χ2v) is 7.01. The summed E-state index contributed by atoms with van der Waals surface area (Å²) in [5.74, 6) is 1.46. The summed E-state index contributed by atoms with van der Waals surface area (Å²) in [5, 5.41) is 4.68. The normalized spacial score (nSPS) is 10.8. The highest BCUT2D eigenvalue weighted by Gasteiger charge is 2.06. The van der Waals surface area contributed by atoms with Crippen molar-refractivity contribution in [3.8, 4) is 11.5 Å². The number of hydrogen-bond acceptors (Lipinski definition) is 5. The highest BCUT2D eigenvalue weighted by atomic mass is 35.5. The maximum Gasteiger partial charge on any atom is 0.250 e. The molecule has 0 bridgehead atoms. The van der Waals surface area contributed by atoms with E-state index in [1.807, 2.05) is 37.3 Å². The Morgan fingerprint density at radius 2 is 1.93 bits per heavy atom. The van der Waals surface area contributed by atoms with E-state index >= 15 is 0 Å². The zero-order chi connectivity index (χ0) is 19.5. The van der Waals surface area contributed by atoms with Gasteiger partial charge in [-0.1, -0.05) is 18.5 Å². The third-order valence-electron chi connectivity index (χ3n) is 3.32. The number of thioether (sulfide) groups is 1. The molecule has 2 rings (SSSR count). The number of ether oxygens (including phenoxy) is 2. The van der Waals surface area contributed by atoms with Crippen molar-refractivity contribution < 1.29 is 14.3 Å². The third kappa shape index (κ3) is 7.53. The Bertz CT molecular complexity index is 766. The summed E-state index contributed by atoms with van der Waals surface area (Å²) < 4.78 is 11.3. The van der Waals surface area contributed by atoms with E-state index in [2.05, 4.69) is 17.5 Å². The first-order chi connectivity index (χ1) is 13.1. The van der Waals surface area contributed by atoms with E-state index in [0.29, 0.717) is 29.7 Å². The smallest absolute Gasteiger partial charge is 0.250 e. The molecule has 2 aromatic rings. The lowest BCUT2D eigenvalue weighted by molar-refractivity contribution is -0.118. The van der Waals surface area contributed by atoms with Crippen molar-refractivity contribution in [3.63, 3.8) is 0 Å². The Balaban J connectivity index is 1.87. The van der Waals surface area contributed by atoms with Crippen molar-refractivity contribution in [1.29, 1.82) is 0 Å². The number of benzene rings is 2. The fourth-order valence-electron chi connectivity index (χ4n) is 2.10. The first kappa shape index (κ1) is 21.1. The molecule has 27 heavy (non-hydrogen) atoms. The molecular formula is C20H23ClN2O3S. The summed E-state index contributed by atoms with van der Waals surface area (Å²) in [6, 6.07) is 12.9. The van der Waals surface area contributed by atoms with E-state index in [1.54, 1.807) is 18.3 Å². The van der Waals surface area contributed by atoms with Gasteiger partial charge in [0.1, 0.15) is 0 Å². The van der Waals surface area contributed by atoms with Crippen molar-refractivity contribution in [2.24, 2.45) is 5.10 Å². The minimum Gasteiger partial charge on any atom is -0.490 e. The van der Waals surface area contributed by atoms with Crippen LogP contribution in [0.1, 0.15) is 25.8 Å². The molecular weight excluding hydrogens is 384 g/mol. The third-order valence-corrected chi connectivity index (χ3v) is 4.58. The van der Waals surface area contributed by atoms with Crippen molar-refractivity contribution in [3.05, 3.63) is 53.1 Å². The van der Waals surface area contributed by atoms with Crippen LogP contribution in [0.25, 0.3) is 0 Å². The van der Waals surface area contributed by atoms with E-state index in [9.17, 15) is 4.79 Å². The summed E-state index contributed by atoms with van der Waals surface area (Å²) in [4.78, 5) is 12.9. The monoisotopic (exact) mass is 406 g/mol. The molecule has 0 saturated carbocycles. The van der Waals surface area contributed by atoms with Crippen LogP contribution in [-0.2, 0) is 4.79 Å². The van der Waals surface area contributed by atoms with Crippen LogP contribution in [-0.4, -0.2) is 31.1 Å². The van der Waals surface area contributed by atoms with Crippen LogP contribution in [0.4, 0.5) is 0 Å². The summed E-state index contributed by atoms with van der Waals surface area (Å²) in [5.41, 5.74) is 3.34. The maximum absolute atomic E-state index is 11.9. The van der Waals surface area contributed by atoms with Crippen LogP contribution in [0.15, 0.2) is 52.5 Å². The molecule has 0 fully saturated rings. The number of carbonyl (C=O) groups excluding carboxylic acids is 1. The molecule has 7 heteroatoms. The van der Waals surface area contributed by atoms with Crippen molar-refractivity contribution in [1.82, 2.24) is 5.43 Å². The molecule has 1 amide bonds. The zero-order valence-electron chi connectivity index (χ0n) is 15.4. The molecule has 0 radical (unpaired) electrons. The average molecular weight is 407 g/mol. The van der Waals surface area contributed by atoms with E-state index in [1.165, 1.54) is 11.8 Å². The van der Waals surface area contributed by atoms with Gasteiger partial charge in [0.2, 0.25) is 5.91 Å². The number of nitrogens with one attached hydrogen (secondary N) is 1. The number of nitrogens with zero attached hydrogens (tertiary/aromatic N) is 1.